The van der Waals surface area contributed by atoms with E-state index < -0.39 is 0 Å². The van der Waals surface area contributed by atoms with Crippen molar-refractivity contribution in [3.63, 3.8) is 0 Å². The van der Waals surface area contributed by atoms with Gasteiger partial charge in [0.1, 0.15) is 0 Å². The van der Waals surface area contributed by atoms with Gasteiger partial charge in [0.25, 0.3) is 0 Å². The first kappa shape index (κ1) is 14.9. The molecule has 0 radical (unpaired) electrons. The third-order valence-corrected chi connectivity index (χ3v) is 4.11. The zero-order chi connectivity index (χ0) is 15.7. The molecule has 22 heavy (non-hydrogen) atoms. The van der Waals surface area contributed by atoms with Crippen LogP contribution >= 0.6 is 0 Å². The van der Waals surface area contributed by atoms with E-state index in [4.69, 9.17) is 9.47 Å². The average molecular weight is 298 g/mol. The highest BCUT2D eigenvalue weighted by Crippen LogP contribution is 2.40. The van der Waals surface area contributed by atoms with Crippen molar-refractivity contribution in [3.8, 4) is 11.5 Å². The Morgan fingerprint density at radius 3 is 2.50 bits per heavy atom. The molecular weight excluding hydrogens is 276 g/mol. The molecule has 1 unspecified atom stereocenters. The molecule has 1 aromatic carbocycles. The fraction of sp³-hybridized carbons (Fsp3) is 0.389. The topological polar surface area (TPSA) is 43.4 Å². The summed E-state index contributed by atoms with van der Waals surface area (Å²) in [5, 5.41) is 3.70. The first-order valence-electron chi connectivity index (χ1n) is 7.47. The van der Waals surface area contributed by atoms with E-state index >= 15 is 0 Å². The van der Waals surface area contributed by atoms with E-state index in [-0.39, 0.29) is 11.6 Å². The molecule has 0 aliphatic carbocycles. The smallest absolute Gasteiger partial charge is 0.161 e. The molecule has 2 heterocycles. The predicted molar refractivity (Wildman–Crippen MR) is 86.5 cm³/mol. The van der Waals surface area contributed by atoms with Gasteiger partial charge in [-0.25, -0.2) is 0 Å². The first-order chi connectivity index (χ1) is 10.5. The normalized spacial score (nSPS) is 19.4. The molecule has 1 aliphatic heterocycles. The van der Waals surface area contributed by atoms with Crippen LogP contribution in [0.5, 0.6) is 11.5 Å². The minimum Gasteiger partial charge on any atom is -0.493 e. The molecule has 0 bridgehead atoms. The lowest BCUT2D eigenvalue weighted by Gasteiger charge is -2.39. The standard InChI is InChI=1S/C18H22N2O2/c1-18(2)11-12-9-15(21-3)16(22-4)10-13(12)17(20-18)14-7-5-6-8-19-14/h5-10,17,20H,11H2,1-4H3. The van der Waals surface area contributed by atoms with Crippen LogP contribution in [-0.4, -0.2) is 24.7 Å². The van der Waals surface area contributed by atoms with Gasteiger partial charge in [0, 0.05) is 11.7 Å². The van der Waals surface area contributed by atoms with E-state index in [1.807, 2.05) is 18.3 Å². The third kappa shape index (κ3) is 2.66. The van der Waals surface area contributed by atoms with E-state index in [1.54, 1.807) is 14.2 Å². The molecule has 1 aromatic heterocycles. The van der Waals surface area contributed by atoms with Gasteiger partial charge in [0.15, 0.2) is 11.5 Å². The number of rotatable bonds is 3. The average Bonchev–Trinajstić information content (AvgIpc) is 2.53. The van der Waals surface area contributed by atoms with E-state index in [2.05, 4.69) is 42.3 Å². The summed E-state index contributed by atoms with van der Waals surface area (Å²) in [5.41, 5.74) is 3.49. The number of nitrogens with zero attached hydrogens (tertiary/aromatic N) is 1. The van der Waals surface area contributed by atoms with Crippen LogP contribution in [0.2, 0.25) is 0 Å². The number of fused-ring (bicyclic) bond motifs is 1. The molecule has 1 atom stereocenters. The monoisotopic (exact) mass is 298 g/mol. The Balaban J connectivity index is 2.15. The number of ether oxygens (including phenoxy) is 2. The van der Waals surface area contributed by atoms with Crippen molar-refractivity contribution < 1.29 is 9.47 Å². The van der Waals surface area contributed by atoms with Gasteiger partial charge in [-0.1, -0.05) is 6.07 Å². The van der Waals surface area contributed by atoms with Gasteiger partial charge in [-0.2, -0.15) is 0 Å². The second-order valence-electron chi connectivity index (χ2n) is 6.30. The van der Waals surface area contributed by atoms with Crippen LogP contribution in [0.3, 0.4) is 0 Å². The number of methoxy groups -OCH3 is 2. The second kappa shape index (κ2) is 5.61. The summed E-state index contributed by atoms with van der Waals surface area (Å²) in [6.07, 6.45) is 2.77. The van der Waals surface area contributed by atoms with Crippen molar-refractivity contribution in [2.75, 3.05) is 14.2 Å². The molecule has 2 aromatic rings. The lowest BCUT2D eigenvalue weighted by atomic mass is 9.82. The quantitative estimate of drug-likeness (QED) is 0.945. The van der Waals surface area contributed by atoms with Gasteiger partial charge < -0.3 is 9.47 Å². The fourth-order valence-electron chi connectivity index (χ4n) is 3.13. The number of benzene rings is 1. The molecule has 4 heteroatoms. The van der Waals surface area contributed by atoms with Crippen LogP contribution in [0.1, 0.15) is 36.7 Å². The lowest BCUT2D eigenvalue weighted by molar-refractivity contribution is 0.321. The summed E-state index contributed by atoms with van der Waals surface area (Å²) in [4.78, 5) is 4.53. The summed E-state index contributed by atoms with van der Waals surface area (Å²) in [6, 6.07) is 10.2. The van der Waals surface area contributed by atoms with Crippen molar-refractivity contribution in [2.24, 2.45) is 0 Å². The minimum absolute atomic E-state index is 0.00517. The van der Waals surface area contributed by atoms with Crippen molar-refractivity contribution in [1.29, 1.82) is 0 Å². The summed E-state index contributed by atoms with van der Waals surface area (Å²) < 4.78 is 10.9. The largest absolute Gasteiger partial charge is 0.493 e. The van der Waals surface area contributed by atoms with Crippen LogP contribution < -0.4 is 14.8 Å². The molecule has 0 spiro atoms. The molecule has 1 aliphatic rings. The summed E-state index contributed by atoms with van der Waals surface area (Å²) in [7, 11) is 3.34. The predicted octanol–water partition coefficient (Wildman–Crippen LogP) is 3.11. The van der Waals surface area contributed by atoms with E-state index in [1.165, 1.54) is 11.1 Å². The van der Waals surface area contributed by atoms with Crippen LogP contribution in [0, 0.1) is 0 Å². The number of hydrogen-bond acceptors (Lipinski definition) is 4. The Morgan fingerprint density at radius 2 is 1.86 bits per heavy atom. The van der Waals surface area contributed by atoms with Gasteiger partial charge in [-0.05, 0) is 55.7 Å². The zero-order valence-corrected chi connectivity index (χ0v) is 13.5. The highest BCUT2D eigenvalue weighted by Gasteiger charge is 2.33. The number of aromatic nitrogens is 1. The van der Waals surface area contributed by atoms with Crippen LogP contribution in [0.25, 0.3) is 0 Å². The summed E-state index contributed by atoms with van der Waals surface area (Å²) in [5.74, 6) is 1.53. The molecule has 116 valence electrons. The second-order valence-corrected chi connectivity index (χ2v) is 6.30. The van der Waals surface area contributed by atoms with Crippen molar-refractivity contribution >= 4 is 0 Å². The zero-order valence-electron chi connectivity index (χ0n) is 13.5. The Labute approximate surface area is 131 Å². The lowest BCUT2D eigenvalue weighted by Crippen LogP contribution is -2.48. The van der Waals surface area contributed by atoms with Gasteiger partial charge in [-0.15, -0.1) is 0 Å². The Hall–Kier alpha value is -2.07. The maximum atomic E-state index is 5.47. The van der Waals surface area contributed by atoms with Gasteiger partial charge in [0.2, 0.25) is 0 Å². The molecule has 4 nitrogen and oxygen atoms in total. The summed E-state index contributed by atoms with van der Waals surface area (Å²) in [6.45, 7) is 4.42. The molecule has 0 saturated carbocycles. The molecule has 0 amide bonds. The van der Waals surface area contributed by atoms with Gasteiger partial charge >= 0.3 is 0 Å². The van der Waals surface area contributed by atoms with Crippen LogP contribution in [-0.2, 0) is 6.42 Å². The van der Waals surface area contributed by atoms with E-state index in [0.29, 0.717) is 0 Å². The van der Waals surface area contributed by atoms with Crippen molar-refractivity contribution in [2.45, 2.75) is 31.8 Å². The molecule has 0 fully saturated rings. The SMILES string of the molecule is COc1cc2c(cc1OC)C(c1ccccn1)NC(C)(C)C2. The Morgan fingerprint density at radius 1 is 1.14 bits per heavy atom. The fourth-order valence-corrected chi connectivity index (χ4v) is 3.13. The molecule has 0 saturated heterocycles. The van der Waals surface area contributed by atoms with Gasteiger partial charge in [-0.3, -0.25) is 10.3 Å². The molecular formula is C18H22N2O2. The molecule has 3 rings (SSSR count). The van der Waals surface area contributed by atoms with Crippen molar-refractivity contribution in [1.82, 2.24) is 10.3 Å². The first-order valence-corrected chi connectivity index (χ1v) is 7.47. The highest BCUT2D eigenvalue weighted by molar-refractivity contribution is 5.51. The highest BCUT2D eigenvalue weighted by atomic mass is 16.5. The Kier molecular flexibility index (Phi) is 3.79. The van der Waals surface area contributed by atoms with E-state index in [9.17, 15) is 0 Å². The maximum Gasteiger partial charge on any atom is 0.161 e. The summed E-state index contributed by atoms with van der Waals surface area (Å²) >= 11 is 0. The number of nitrogens with one attached hydrogen (secondary N) is 1. The molecule has 1 N–H and O–H groups in total. The van der Waals surface area contributed by atoms with Crippen LogP contribution in [0.15, 0.2) is 36.5 Å². The number of pyridine rings is 1. The Bertz CT molecular complexity index is 668. The van der Waals surface area contributed by atoms with Crippen molar-refractivity contribution in [3.05, 3.63) is 53.3 Å². The number of hydrogen-bond donors (Lipinski definition) is 1. The van der Waals surface area contributed by atoms with E-state index in [0.717, 1.165) is 23.6 Å². The van der Waals surface area contributed by atoms with Gasteiger partial charge in [0.05, 0.1) is 26.0 Å². The minimum atomic E-state index is -0.00517. The third-order valence-electron chi connectivity index (χ3n) is 4.11. The van der Waals surface area contributed by atoms with Crippen LogP contribution in [0.4, 0.5) is 0 Å². The maximum absolute atomic E-state index is 5.47.